The fraction of sp³-hybridized carbons (Fsp3) is 1.00. The van der Waals surface area contributed by atoms with Gasteiger partial charge in [-0.2, -0.15) is 17.0 Å². The van der Waals surface area contributed by atoms with Crippen LogP contribution in [0.25, 0.3) is 0 Å². The molecule has 1 fully saturated rings. The first-order valence-corrected chi connectivity index (χ1v) is 9.80. The van der Waals surface area contributed by atoms with Gasteiger partial charge in [-0.3, -0.25) is 0 Å². The Labute approximate surface area is 131 Å². The zero-order valence-electron chi connectivity index (χ0n) is 14.1. The molecule has 0 bridgehead atoms. The monoisotopic (exact) mass is 319 g/mol. The third-order valence-electron chi connectivity index (χ3n) is 4.49. The molecule has 1 aliphatic heterocycles. The predicted octanol–water partition coefficient (Wildman–Crippen LogP) is 2.06. The van der Waals surface area contributed by atoms with Gasteiger partial charge in [0.2, 0.25) is 0 Å². The Morgan fingerprint density at radius 3 is 2.52 bits per heavy atom. The van der Waals surface area contributed by atoms with Gasteiger partial charge in [0, 0.05) is 26.2 Å². The first-order valence-electron chi connectivity index (χ1n) is 8.41. The summed E-state index contributed by atoms with van der Waals surface area (Å²) in [6.07, 6.45) is 4.93. The van der Waals surface area contributed by atoms with Gasteiger partial charge in [0.1, 0.15) is 0 Å². The zero-order chi connectivity index (χ0) is 15.9. The van der Waals surface area contributed by atoms with Crippen LogP contribution in [0.3, 0.4) is 0 Å². The molecule has 1 heterocycles. The van der Waals surface area contributed by atoms with Crippen LogP contribution in [0.2, 0.25) is 0 Å². The van der Waals surface area contributed by atoms with Gasteiger partial charge in [0.05, 0.1) is 0 Å². The predicted molar refractivity (Wildman–Crippen MR) is 88.5 cm³/mol. The van der Waals surface area contributed by atoms with Crippen molar-refractivity contribution in [2.45, 2.75) is 58.9 Å². The van der Waals surface area contributed by atoms with E-state index in [2.05, 4.69) is 12.2 Å². The maximum absolute atomic E-state index is 12.8. The van der Waals surface area contributed by atoms with Crippen LogP contribution >= 0.6 is 0 Å². The van der Waals surface area contributed by atoms with E-state index in [1.165, 1.54) is 0 Å². The lowest BCUT2D eigenvalue weighted by Gasteiger charge is -2.36. The zero-order valence-corrected chi connectivity index (χ0v) is 15.0. The first-order chi connectivity index (χ1) is 9.97. The lowest BCUT2D eigenvalue weighted by molar-refractivity contribution is 0.235. The van der Waals surface area contributed by atoms with Gasteiger partial charge in [0.15, 0.2) is 0 Å². The molecule has 1 unspecified atom stereocenters. The Balaban J connectivity index is 2.65. The number of rotatable bonds is 9. The third-order valence-corrected chi connectivity index (χ3v) is 6.50. The highest BCUT2D eigenvalue weighted by Gasteiger charge is 2.33. The summed E-state index contributed by atoms with van der Waals surface area (Å²) in [7, 11) is -1.58. The van der Waals surface area contributed by atoms with Crippen molar-refractivity contribution in [3.05, 3.63) is 0 Å². The van der Waals surface area contributed by atoms with E-state index in [0.717, 1.165) is 45.2 Å². The van der Waals surface area contributed by atoms with Crippen LogP contribution in [-0.4, -0.2) is 56.3 Å². The fourth-order valence-electron chi connectivity index (χ4n) is 3.06. The highest BCUT2D eigenvalue weighted by molar-refractivity contribution is 7.86. The minimum absolute atomic E-state index is 0.105. The van der Waals surface area contributed by atoms with Crippen molar-refractivity contribution in [3.63, 3.8) is 0 Å². The molecule has 0 aliphatic carbocycles. The van der Waals surface area contributed by atoms with Crippen LogP contribution in [0, 0.1) is 5.92 Å². The van der Waals surface area contributed by atoms with Gasteiger partial charge < -0.3 is 5.32 Å². The summed E-state index contributed by atoms with van der Waals surface area (Å²) < 4.78 is 28.8. The molecule has 1 saturated heterocycles. The van der Waals surface area contributed by atoms with Crippen LogP contribution in [0.4, 0.5) is 0 Å². The molecule has 1 atom stereocenters. The molecule has 1 N–H and O–H groups in total. The van der Waals surface area contributed by atoms with Gasteiger partial charge in [-0.25, -0.2) is 0 Å². The Bertz CT molecular complexity index is 382. The molecule has 5 nitrogen and oxygen atoms in total. The minimum atomic E-state index is -3.31. The molecule has 21 heavy (non-hydrogen) atoms. The summed E-state index contributed by atoms with van der Waals surface area (Å²) in [5, 5.41) is 3.42. The molecule has 126 valence electrons. The molecule has 0 aromatic heterocycles. The van der Waals surface area contributed by atoms with Gasteiger partial charge in [-0.1, -0.05) is 20.8 Å². The second-order valence-corrected chi connectivity index (χ2v) is 8.05. The van der Waals surface area contributed by atoms with E-state index in [0.29, 0.717) is 19.0 Å². The molecule has 0 aromatic rings. The molecule has 0 amide bonds. The largest absolute Gasteiger partial charge is 0.316 e. The highest BCUT2D eigenvalue weighted by Crippen LogP contribution is 2.22. The normalized spacial score (nSPS) is 21.3. The van der Waals surface area contributed by atoms with Crippen molar-refractivity contribution in [1.29, 1.82) is 0 Å². The number of nitrogens with zero attached hydrogens (tertiary/aromatic N) is 2. The molecular formula is C15H33N3O2S. The van der Waals surface area contributed by atoms with E-state index in [9.17, 15) is 8.42 Å². The van der Waals surface area contributed by atoms with E-state index in [4.69, 9.17) is 0 Å². The van der Waals surface area contributed by atoms with Crippen molar-refractivity contribution in [2.75, 3.05) is 33.2 Å². The molecule has 0 radical (unpaired) electrons. The van der Waals surface area contributed by atoms with Gasteiger partial charge in [0.25, 0.3) is 10.2 Å². The number of hydrogen-bond acceptors (Lipinski definition) is 3. The summed E-state index contributed by atoms with van der Waals surface area (Å²) in [5.41, 5.74) is 0. The van der Waals surface area contributed by atoms with E-state index in [1.54, 1.807) is 15.7 Å². The molecular weight excluding hydrogens is 286 g/mol. The van der Waals surface area contributed by atoms with Gasteiger partial charge >= 0.3 is 0 Å². The molecule has 0 aromatic carbocycles. The lowest BCUT2D eigenvalue weighted by atomic mass is 10.00. The van der Waals surface area contributed by atoms with E-state index >= 15 is 0 Å². The molecule has 0 saturated carbocycles. The first kappa shape index (κ1) is 18.9. The van der Waals surface area contributed by atoms with Crippen molar-refractivity contribution in [2.24, 2.45) is 5.92 Å². The Kier molecular flexibility index (Phi) is 8.16. The molecule has 1 rings (SSSR count). The quantitative estimate of drug-likeness (QED) is 0.662. The average molecular weight is 320 g/mol. The number of nitrogens with one attached hydrogen (secondary N) is 1. The van der Waals surface area contributed by atoms with Crippen LogP contribution in [0.5, 0.6) is 0 Å². The fourth-order valence-corrected chi connectivity index (χ4v) is 4.86. The van der Waals surface area contributed by atoms with E-state index in [1.807, 2.05) is 13.8 Å². The SMILES string of the molecule is CCCNCC1CCCN(S(=O)(=O)N(C)C(CC)CC)C1. The number of hydrogen-bond donors (Lipinski definition) is 1. The van der Waals surface area contributed by atoms with Crippen molar-refractivity contribution in [1.82, 2.24) is 13.9 Å². The van der Waals surface area contributed by atoms with Gasteiger partial charge in [-0.05, 0) is 51.1 Å². The second-order valence-electron chi connectivity index (χ2n) is 6.06. The van der Waals surface area contributed by atoms with Crippen LogP contribution in [-0.2, 0) is 10.2 Å². The Morgan fingerprint density at radius 2 is 1.95 bits per heavy atom. The van der Waals surface area contributed by atoms with Crippen molar-refractivity contribution >= 4 is 10.2 Å². The summed E-state index contributed by atoms with van der Waals surface area (Å²) in [4.78, 5) is 0. The molecule has 0 spiro atoms. The average Bonchev–Trinajstić information content (AvgIpc) is 2.49. The Morgan fingerprint density at radius 1 is 1.29 bits per heavy atom. The lowest BCUT2D eigenvalue weighted by Crippen LogP contribution is -2.50. The summed E-state index contributed by atoms with van der Waals surface area (Å²) in [6.45, 7) is 9.50. The highest BCUT2D eigenvalue weighted by atomic mass is 32.2. The topological polar surface area (TPSA) is 52.7 Å². The standard InChI is InChI=1S/C15H33N3O2S/c1-5-10-16-12-14-9-8-11-18(13-14)21(19,20)17(4)15(6-2)7-3/h14-16H,5-13H2,1-4H3. The Hall–Kier alpha value is -0.170. The number of piperidine rings is 1. The van der Waals surface area contributed by atoms with Crippen molar-refractivity contribution in [3.8, 4) is 0 Å². The second kappa shape index (κ2) is 9.08. The molecule has 6 heteroatoms. The minimum Gasteiger partial charge on any atom is -0.316 e. The van der Waals surface area contributed by atoms with Crippen molar-refractivity contribution < 1.29 is 8.42 Å². The summed E-state index contributed by atoms with van der Waals surface area (Å²) in [5.74, 6) is 0.440. The van der Waals surface area contributed by atoms with E-state index < -0.39 is 10.2 Å². The smallest absolute Gasteiger partial charge is 0.281 e. The van der Waals surface area contributed by atoms with Gasteiger partial charge in [-0.15, -0.1) is 0 Å². The maximum atomic E-state index is 12.8. The van der Waals surface area contributed by atoms with Crippen LogP contribution in [0.15, 0.2) is 0 Å². The summed E-state index contributed by atoms with van der Waals surface area (Å²) >= 11 is 0. The van der Waals surface area contributed by atoms with Crippen LogP contribution in [0.1, 0.15) is 52.9 Å². The van der Waals surface area contributed by atoms with Crippen LogP contribution < -0.4 is 5.32 Å². The van der Waals surface area contributed by atoms with E-state index in [-0.39, 0.29) is 6.04 Å². The third kappa shape index (κ3) is 5.20. The molecule has 1 aliphatic rings. The maximum Gasteiger partial charge on any atom is 0.281 e. The summed E-state index contributed by atoms with van der Waals surface area (Å²) in [6, 6.07) is 0.105.